The number of fused-ring (bicyclic) bond motifs is 4. The monoisotopic (exact) mass is 737 g/mol. The quantitative estimate of drug-likeness (QED) is 0.153. The molecule has 1 nitrogen and oxygen atoms in total. The molecule has 0 unspecified atom stereocenters. The molecule has 0 amide bonds. The molecule has 0 spiro atoms. The van der Waals surface area contributed by atoms with Gasteiger partial charge in [0.15, 0.2) is 0 Å². The highest BCUT2D eigenvalue weighted by Crippen LogP contribution is 2.56. The van der Waals surface area contributed by atoms with Crippen molar-refractivity contribution in [1.82, 2.24) is 4.57 Å². The number of hydrogen-bond donors (Lipinski definition) is 0. The fourth-order valence-electron chi connectivity index (χ4n) is 9.39. The lowest BCUT2D eigenvalue weighted by Gasteiger charge is -2.34. The Morgan fingerprint density at radius 3 is 1.33 bits per heavy atom. The van der Waals surface area contributed by atoms with Crippen molar-refractivity contribution in [2.24, 2.45) is 0 Å². The lowest BCUT2D eigenvalue weighted by Crippen LogP contribution is -2.28. The fraction of sp³-hybridized carbons (Fsp3) is 0.0175. The first kappa shape index (κ1) is 33.8. The Hall–Kier alpha value is -7.48. The minimum Gasteiger partial charge on any atom is -0.316 e. The van der Waals surface area contributed by atoms with E-state index in [1.54, 1.807) is 0 Å². The first-order valence-corrected chi connectivity index (χ1v) is 20.1. The average molecular weight is 738 g/mol. The molecule has 0 radical (unpaired) electrons. The van der Waals surface area contributed by atoms with Crippen molar-refractivity contribution in [1.29, 1.82) is 0 Å². The lowest BCUT2D eigenvalue weighted by molar-refractivity contribution is 0.767. The van der Waals surface area contributed by atoms with E-state index in [1.807, 2.05) is 0 Å². The third-order valence-electron chi connectivity index (χ3n) is 12.2. The van der Waals surface area contributed by atoms with Gasteiger partial charge in [-0.15, -0.1) is 0 Å². The van der Waals surface area contributed by atoms with Gasteiger partial charge in [0, 0.05) is 22.8 Å². The second kappa shape index (κ2) is 13.9. The molecule has 1 aliphatic rings. The maximum absolute atomic E-state index is 2.45. The summed E-state index contributed by atoms with van der Waals surface area (Å²) in [7, 11) is 0. The van der Waals surface area contributed by atoms with Gasteiger partial charge in [0.1, 0.15) is 0 Å². The summed E-state index contributed by atoms with van der Waals surface area (Å²) in [4.78, 5) is 0. The molecule has 1 heterocycles. The number of nitrogens with zero attached hydrogens (tertiary/aromatic N) is 1. The molecule has 0 bridgehead atoms. The van der Waals surface area contributed by atoms with Crippen molar-refractivity contribution in [2.45, 2.75) is 5.41 Å². The Bertz CT molecular complexity index is 3010. The van der Waals surface area contributed by atoms with Crippen LogP contribution in [-0.4, -0.2) is 4.57 Å². The largest absolute Gasteiger partial charge is 0.316 e. The van der Waals surface area contributed by atoms with E-state index in [0.29, 0.717) is 0 Å². The van der Waals surface area contributed by atoms with Crippen molar-refractivity contribution < 1.29 is 0 Å². The molecule has 1 heteroatoms. The van der Waals surface area contributed by atoms with Crippen molar-refractivity contribution in [3.8, 4) is 61.3 Å². The van der Waals surface area contributed by atoms with Gasteiger partial charge in [-0.1, -0.05) is 206 Å². The van der Waals surface area contributed by atoms with E-state index < -0.39 is 5.41 Å². The van der Waals surface area contributed by atoms with Crippen LogP contribution >= 0.6 is 0 Å². The lowest BCUT2D eigenvalue weighted by atomic mass is 9.67. The molecule has 0 atom stereocenters. The minimum absolute atomic E-state index is 0.470. The zero-order valence-corrected chi connectivity index (χ0v) is 32.0. The highest BCUT2D eigenvalue weighted by molar-refractivity contribution is 6.00. The van der Waals surface area contributed by atoms with E-state index >= 15 is 0 Å². The molecule has 0 saturated heterocycles. The molecule has 58 heavy (non-hydrogen) atoms. The van der Waals surface area contributed by atoms with Gasteiger partial charge < -0.3 is 4.57 Å². The molecule has 1 aliphatic carbocycles. The van der Waals surface area contributed by atoms with Gasteiger partial charge in [0.2, 0.25) is 0 Å². The molecular formula is C57H39N. The predicted molar refractivity (Wildman–Crippen MR) is 242 cm³/mol. The average Bonchev–Trinajstić information content (AvgIpc) is 3.84. The maximum Gasteiger partial charge on any atom is 0.0714 e. The Kier molecular flexibility index (Phi) is 8.12. The van der Waals surface area contributed by atoms with Crippen LogP contribution in [0.3, 0.4) is 0 Å². The normalized spacial score (nSPS) is 12.6. The van der Waals surface area contributed by atoms with Crippen LogP contribution in [0.25, 0.3) is 72.2 Å². The van der Waals surface area contributed by atoms with Gasteiger partial charge in [0.25, 0.3) is 0 Å². The van der Waals surface area contributed by atoms with Crippen molar-refractivity contribution in [2.75, 3.05) is 0 Å². The smallest absolute Gasteiger partial charge is 0.0714 e. The molecule has 0 fully saturated rings. The van der Waals surface area contributed by atoms with Gasteiger partial charge in [-0.25, -0.2) is 0 Å². The summed E-state index contributed by atoms with van der Waals surface area (Å²) in [6, 6.07) is 84.4. The highest BCUT2D eigenvalue weighted by Gasteiger charge is 2.46. The third kappa shape index (κ3) is 5.47. The maximum atomic E-state index is 2.45. The number of aromatic nitrogens is 1. The zero-order chi connectivity index (χ0) is 38.5. The van der Waals surface area contributed by atoms with E-state index in [9.17, 15) is 0 Å². The van der Waals surface area contributed by atoms with Crippen LogP contribution in [0.1, 0.15) is 22.3 Å². The number of rotatable bonds is 7. The van der Waals surface area contributed by atoms with Crippen LogP contribution in [-0.2, 0) is 5.41 Å². The fourth-order valence-corrected chi connectivity index (χ4v) is 9.39. The van der Waals surface area contributed by atoms with Crippen molar-refractivity contribution >= 4 is 10.9 Å². The van der Waals surface area contributed by atoms with E-state index in [-0.39, 0.29) is 0 Å². The second-order valence-electron chi connectivity index (χ2n) is 15.3. The van der Waals surface area contributed by atoms with Gasteiger partial charge in [-0.3, -0.25) is 0 Å². The molecule has 272 valence electrons. The molecular weight excluding hydrogens is 699 g/mol. The van der Waals surface area contributed by atoms with Crippen molar-refractivity contribution in [3.05, 3.63) is 259 Å². The summed E-state index contributed by atoms with van der Waals surface area (Å²) in [6.07, 6.45) is 2.35. The predicted octanol–water partition coefficient (Wildman–Crippen LogP) is 14.7. The molecule has 0 aliphatic heterocycles. The SMILES string of the molecule is c1ccc(-c2ccc(-c3ccc4c(c3)c(-c3ccc(-c5ccccc5)cc3)cn4-c3ccc4c(c3)C(c3ccccc3)(c3ccccc3)c3ccccc3-4)cc2)cc1. The van der Waals surface area contributed by atoms with Gasteiger partial charge >= 0.3 is 0 Å². The first-order valence-electron chi connectivity index (χ1n) is 20.1. The Labute approximate surface area is 339 Å². The standard InChI is InChI=1S/C57H39N/c1-5-15-40(16-6-1)42-25-27-44(28-26-42)46-33-36-56-52(37-46)53(45-31-29-43(30-32-45)41-17-7-2-8-18-41)39-58(56)49-34-35-51-50-23-13-14-24-54(50)57(55(51)38-49,47-19-9-3-10-20-47)48-21-11-4-12-22-48/h1-39H. The summed E-state index contributed by atoms with van der Waals surface area (Å²) < 4.78 is 2.40. The first-order chi connectivity index (χ1) is 28.8. The van der Waals surface area contributed by atoms with E-state index in [2.05, 4.69) is 241 Å². The molecule has 0 N–H and O–H groups in total. The van der Waals surface area contributed by atoms with Gasteiger partial charge in [-0.05, 0) is 96.6 Å². The highest BCUT2D eigenvalue weighted by atomic mass is 15.0. The van der Waals surface area contributed by atoms with Crippen molar-refractivity contribution in [3.63, 3.8) is 0 Å². The topological polar surface area (TPSA) is 4.93 Å². The van der Waals surface area contributed by atoms with Gasteiger partial charge in [-0.2, -0.15) is 0 Å². The summed E-state index contributed by atoms with van der Waals surface area (Å²) in [6.45, 7) is 0. The van der Waals surface area contributed by atoms with Crippen LogP contribution in [0.15, 0.2) is 237 Å². The molecule has 9 aromatic carbocycles. The Morgan fingerprint density at radius 1 is 0.293 bits per heavy atom. The van der Waals surface area contributed by atoms with E-state index in [4.69, 9.17) is 0 Å². The Balaban J connectivity index is 1.10. The van der Waals surface area contributed by atoms with Crippen LogP contribution < -0.4 is 0 Å². The number of benzene rings is 9. The van der Waals surface area contributed by atoms with Gasteiger partial charge in [0.05, 0.1) is 10.9 Å². The van der Waals surface area contributed by atoms with Crippen LogP contribution in [0.2, 0.25) is 0 Å². The zero-order valence-electron chi connectivity index (χ0n) is 32.0. The molecule has 1 aromatic heterocycles. The van der Waals surface area contributed by atoms with Crippen LogP contribution in [0, 0.1) is 0 Å². The molecule has 0 saturated carbocycles. The summed E-state index contributed by atoms with van der Waals surface area (Å²) in [5.41, 5.74) is 19.2. The van der Waals surface area contributed by atoms with E-state index in [0.717, 1.165) is 5.69 Å². The Morgan fingerprint density at radius 2 is 0.741 bits per heavy atom. The number of hydrogen-bond acceptors (Lipinski definition) is 0. The second-order valence-corrected chi connectivity index (χ2v) is 15.3. The minimum atomic E-state index is -0.470. The molecule has 10 aromatic rings. The van der Waals surface area contributed by atoms with E-state index in [1.165, 1.54) is 88.8 Å². The summed E-state index contributed by atoms with van der Waals surface area (Å²) in [5, 5.41) is 1.22. The molecule has 11 rings (SSSR count). The third-order valence-corrected chi connectivity index (χ3v) is 12.2. The van der Waals surface area contributed by atoms with Crippen LogP contribution in [0.4, 0.5) is 0 Å². The van der Waals surface area contributed by atoms with Crippen LogP contribution in [0.5, 0.6) is 0 Å². The summed E-state index contributed by atoms with van der Waals surface area (Å²) >= 11 is 0. The summed E-state index contributed by atoms with van der Waals surface area (Å²) in [5.74, 6) is 0.